The Morgan fingerprint density at radius 1 is 1.10 bits per heavy atom. The maximum atomic E-state index is 12.7. The minimum Gasteiger partial charge on any atom is -0.493 e. The molecule has 2 aromatic heterocycles. The number of aromatic nitrogens is 3. The number of nitrogens with zero attached hydrogens (tertiary/aromatic N) is 3. The fraction of sp³-hybridized carbons (Fsp3) is 0.382. The van der Waals surface area contributed by atoms with Gasteiger partial charge in [-0.2, -0.15) is 5.10 Å². The molecule has 1 atom stereocenters. The lowest BCUT2D eigenvalue weighted by Gasteiger charge is -2.29. The molecular weight excluding hydrogens is 514 g/mol. The predicted octanol–water partition coefficient (Wildman–Crippen LogP) is 7.57. The lowest BCUT2D eigenvalue weighted by molar-refractivity contribution is -0.160. The number of hydrogen-bond donors (Lipinski definition) is 1. The Morgan fingerprint density at radius 2 is 1.88 bits per heavy atom. The van der Waals surface area contributed by atoms with Crippen LogP contribution in [0.15, 0.2) is 54.9 Å². The summed E-state index contributed by atoms with van der Waals surface area (Å²) in [7, 11) is 0. The van der Waals surface area contributed by atoms with E-state index in [9.17, 15) is 9.90 Å². The van der Waals surface area contributed by atoms with Crippen LogP contribution in [0.2, 0.25) is 0 Å². The quantitative estimate of drug-likeness (QED) is 0.242. The van der Waals surface area contributed by atoms with E-state index in [2.05, 4.69) is 42.5 Å². The van der Waals surface area contributed by atoms with Crippen LogP contribution >= 0.6 is 0 Å². The van der Waals surface area contributed by atoms with Gasteiger partial charge >= 0.3 is 5.97 Å². The van der Waals surface area contributed by atoms with Crippen molar-refractivity contribution < 1.29 is 19.4 Å². The summed E-state index contributed by atoms with van der Waals surface area (Å²) in [5.41, 5.74) is 8.25. The summed E-state index contributed by atoms with van der Waals surface area (Å²) in [5.74, 6) is -0.146. The number of carboxylic acid groups (broad SMARTS) is 1. The average Bonchev–Trinajstić information content (AvgIpc) is 3.41. The van der Waals surface area contributed by atoms with E-state index in [1.54, 1.807) is 0 Å². The number of ether oxygens (including phenoxy) is 2. The van der Waals surface area contributed by atoms with Gasteiger partial charge in [0.15, 0.2) is 6.10 Å². The highest BCUT2D eigenvalue weighted by Crippen LogP contribution is 2.42. The van der Waals surface area contributed by atoms with E-state index in [0.717, 1.165) is 76.2 Å². The molecule has 2 aromatic carbocycles. The SMILES string of the molecule is CCCn1cc(-c2cccc(-c3nc(C)c([C@H](OC(C)(C)C)C(=O)O)c(-c4ccc5c(c4)CCCO5)c3C)c2)cn1. The van der Waals surface area contributed by atoms with Crippen molar-refractivity contribution in [3.05, 3.63) is 77.2 Å². The van der Waals surface area contributed by atoms with Crippen LogP contribution in [0.3, 0.4) is 0 Å². The van der Waals surface area contributed by atoms with Crippen molar-refractivity contribution in [3.63, 3.8) is 0 Å². The zero-order valence-electron chi connectivity index (χ0n) is 24.8. The minimum absolute atomic E-state index is 0.586. The van der Waals surface area contributed by atoms with E-state index in [4.69, 9.17) is 14.5 Å². The third-order valence-electron chi connectivity index (χ3n) is 7.38. The van der Waals surface area contributed by atoms with Crippen LogP contribution < -0.4 is 4.74 Å². The van der Waals surface area contributed by atoms with Gasteiger partial charge in [-0.05, 0) is 99.9 Å². The molecule has 7 heteroatoms. The van der Waals surface area contributed by atoms with Gasteiger partial charge in [-0.25, -0.2) is 4.79 Å². The molecule has 0 spiro atoms. The van der Waals surface area contributed by atoms with Crippen molar-refractivity contribution in [1.29, 1.82) is 0 Å². The average molecular weight is 554 g/mol. The van der Waals surface area contributed by atoms with E-state index in [1.165, 1.54) is 0 Å². The van der Waals surface area contributed by atoms with E-state index in [-0.39, 0.29) is 0 Å². The standard InChI is InChI=1S/C34H39N3O4/c1-7-15-37-20-27(19-35-37)23-10-8-11-26(17-23)31-21(2)29(25-13-14-28-24(18-25)12-9-16-40-28)30(22(3)36-31)32(33(38)39)41-34(4,5)6/h8,10-11,13-14,17-20,32H,7,9,12,15-16H2,1-6H3,(H,38,39)/t32-/m0/s1. The molecule has 1 N–H and O–H groups in total. The number of aliphatic carboxylic acids is 1. The molecular formula is C34H39N3O4. The molecule has 214 valence electrons. The lowest BCUT2D eigenvalue weighted by Crippen LogP contribution is -2.28. The summed E-state index contributed by atoms with van der Waals surface area (Å²) in [6, 6.07) is 14.5. The van der Waals surface area contributed by atoms with E-state index < -0.39 is 17.7 Å². The Labute approximate surface area is 242 Å². The molecule has 0 saturated carbocycles. The van der Waals surface area contributed by atoms with Gasteiger partial charge in [-0.1, -0.05) is 31.2 Å². The van der Waals surface area contributed by atoms with Crippen LogP contribution in [0.25, 0.3) is 33.5 Å². The van der Waals surface area contributed by atoms with Gasteiger partial charge in [0.05, 0.1) is 24.1 Å². The molecule has 7 nitrogen and oxygen atoms in total. The Hall–Kier alpha value is -3.97. The van der Waals surface area contributed by atoms with Crippen molar-refractivity contribution in [2.75, 3.05) is 6.61 Å². The number of aryl methyl sites for hydroxylation is 3. The van der Waals surface area contributed by atoms with Crippen molar-refractivity contribution in [2.45, 2.75) is 79.1 Å². The highest BCUT2D eigenvalue weighted by atomic mass is 16.5. The molecule has 0 fully saturated rings. The van der Waals surface area contributed by atoms with Gasteiger partial charge in [-0.15, -0.1) is 0 Å². The molecule has 1 aliphatic heterocycles. The Kier molecular flexibility index (Phi) is 8.00. The first-order valence-electron chi connectivity index (χ1n) is 14.4. The molecule has 3 heterocycles. The zero-order valence-corrected chi connectivity index (χ0v) is 24.8. The second-order valence-corrected chi connectivity index (χ2v) is 11.8. The fourth-order valence-corrected chi connectivity index (χ4v) is 5.60. The number of rotatable bonds is 8. The van der Waals surface area contributed by atoms with Crippen molar-refractivity contribution in [1.82, 2.24) is 14.8 Å². The van der Waals surface area contributed by atoms with Crippen molar-refractivity contribution in [3.8, 4) is 39.3 Å². The van der Waals surface area contributed by atoms with Gasteiger partial charge in [-0.3, -0.25) is 9.67 Å². The Morgan fingerprint density at radius 3 is 2.61 bits per heavy atom. The summed E-state index contributed by atoms with van der Waals surface area (Å²) in [4.78, 5) is 17.7. The van der Waals surface area contributed by atoms with Crippen molar-refractivity contribution in [2.24, 2.45) is 0 Å². The highest BCUT2D eigenvalue weighted by Gasteiger charge is 2.33. The Balaban J connectivity index is 1.71. The number of carbonyl (C=O) groups is 1. The molecule has 0 bridgehead atoms. The topological polar surface area (TPSA) is 86.5 Å². The van der Waals surface area contributed by atoms with Crippen LogP contribution in [-0.2, 0) is 22.5 Å². The smallest absolute Gasteiger partial charge is 0.337 e. The summed E-state index contributed by atoms with van der Waals surface area (Å²) in [5, 5.41) is 14.9. The fourth-order valence-electron chi connectivity index (χ4n) is 5.60. The van der Waals surface area contributed by atoms with Crippen LogP contribution in [0.5, 0.6) is 5.75 Å². The van der Waals surface area contributed by atoms with E-state index in [0.29, 0.717) is 17.9 Å². The first kappa shape index (κ1) is 28.6. The van der Waals surface area contributed by atoms with Gasteiger partial charge in [0.1, 0.15) is 5.75 Å². The predicted molar refractivity (Wildman–Crippen MR) is 161 cm³/mol. The number of pyridine rings is 1. The van der Waals surface area contributed by atoms with E-state index in [1.807, 2.05) is 63.7 Å². The Bertz CT molecular complexity index is 1580. The van der Waals surface area contributed by atoms with Crippen LogP contribution in [-0.4, -0.2) is 38.0 Å². The van der Waals surface area contributed by atoms with Crippen LogP contribution in [0.1, 0.15) is 69.0 Å². The maximum absolute atomic E-state index is 12.7. The maximum Gasteiger partial charge on any atom is 0.337 e. The first-order chi connectivity index (χ1) is 19.6. The molecule has 0 amide bonds. The molecule has 5 rings (SSSR count). The second kappa shape index (κ2) is 11.5. The number of carboxylic acids is 1. The summed E-state index contributed by atoms with van der Waals surface area (Å²) >= 11 is 0. The largest absolute Gasteiger partial charge is 0.493 e. The zero-order chi connectivity index (χ0) is 29.3. The van der Waals surface area contributed by atoms with Gasteiger partial charge < -0.3 is 14.6 Å². The molecule has 1 aliphatic rings. The summed E-state index contributed by atoms with van der Waals surface area (Å²) < 4.78 is 14.0. The van der Waals surface area contributed by atoms with Gasteiger partial charge in [0.25, 0.3) is 0 Å². The minimum atomic E-state index is -1.17. The number of fused-ring (bicyclic) bond motifs is 1. The highest BCUT2D eigenvalue weighted by molar-refractivity contribution is 5.86. The first-order valence-corrected chi connectivity index (χ1v) is 14.4. The third kappa shape index (κ3) is 6.05. The lowest BCUT2D eigenvalue weighted by atomic mass is 9.87. The van der Waals surface area contributed by atoms with Crippen LogP contribution in [0, 0.1) is 13.8 Å². The normalized spacial score (nSPS) is 13.9. The van der Waals surface area contributed by atoms with Gasteiger partial charge in [0, 0.05) is 35.1 Å². The molecule has 0 aliphatic carbocycles. The monoisotopic (exact) mass is 553 g/mol. The number of hydrogen-bond acceptors (Lipinski definition) is 5. The third-order valence-corrected chi connectivity index (χ3v) is 7.38. The molecule has 4 aromatic rings. The van der Waals surface area contributed by atoms with Gasteiger partial charge in [0.2, 0.25) is 0 Å². The van der Waals surface area contributed by atoms with Crippen LogP contribution in [0.4, 0.5) is 0 Å². The number of benzene rings is 2. The molecule has 0 radical (unpaired) electrons. The second-order valence-electron chi connectivity index (χ2n) is 11.8. The molecule has 0 unspecified atom stereocenters. The molecule has 0 saturated heterocycles. The summed E-state index contributed by atoms with van der Waals surface area (Å²) in [6.07, 6.45) is 5.68. The summed E-state index contributed by atoms with van der Waals surface area (Å²) in [6.45, 7) is 13.2. The van der Waals surface area contributed by atoms with Crippen molar-refractivity contribution >= 4 is 5.97 Å². The molecule has 41 heavy (non-hydrogen) atoms. The van der Waals surface area contributed by atoms with E-state index >= 15 is 0 Å².